The quantitative estimate of drug-likeness (QED) is 0.870. The van der Waals surface area contributed by atoms with Crippen LogP contribution in [0.1, 0.15) is 25.0 Å². The van der Waals surface area contributed by atoms with Crippen LogP contribution >= 0.6 is 0 Å². The predicted octanol–water partition coefficient (Wildman–Crippen LogP) is 3.23. The summed E-state index contributed by atoms with van der Waals surface area (Å²) in [5.74, 6) is -1.20. The monoisotopic (exact) mass is 347 g/mol. The van der Waals surface area contributed by atoms with E-state index in [-0.39, 0.29) is 4.90 Å². The Kier molecular flexibility index (Phi) is 5.29. The van der Waals surface area contributed by atoms with Crippen LogP contribution in [0.25, 0.3) is 0 Å². The second kappa shape index (κ2) is 7.05. The number of carboxylic acid groups (broad SMARTS) is 1. The number of aryl methyl sites for hydroxylation is 2. The van der Waals surface area contributed by atoms with Crippen molar-refractivity contribution in [3.8, 4) is 0 Å². The molecule has 0 radical (unpaired) electrons. The van der Waals surface area contributed by atoms with Crippen LogP contribution in [0.3, 0.4) is 0 Å². The molecule has 1 unspecified atom stereocenters. The van der Waals surface area contributed by atoms with Crippen molar-refractivity contribution in [2.24, 2.45) is 0 Å². The number of nitrogens with zero attached hydrogens (tertiary/aromatic N) is 1. The predicted molar refractivity (Wildman–Crippen MR) is 93.8 cm³/mol. The van der Waals surface area contributed by atoms with Gasteiger partial charge in [-0.15, -0.1) is 0 Å². The summed E-state index contributed by atoms with van der Waals surface area (Å²) in [6.07, 6.45) is 0.819. The van der Waals surface area contributed by atoms with Crippen LogP contribution in [0.5, 0.6) is 0 Å². The molecule has 0 bridgehead atoms. The Morgan fingerprint density at radius 3 is 2.08 bits per heavy atom. The zero-order chi connectivity index (χ0) is 17.9. The highest BCUT2D eigenvalue weighted by molar-refractivity contribution is 7.92. The first-order valence-electron chi connectivity index (χ1n) is 7.70. The van der Waals surface area contributed by atoms with E-state index in [1.54, 1.807) is 24.3 Å². The van der Waals surface area contributed by atoms with Gasteiger partial charge in [-0.25, -0.2) is 13.2 Å². The van der Waals surface area contributed by atoms with Crippen LogP contribution in [0.2, 0.25) is 0 Å². The Hall–Kier alpha value is -2.34. The van der Waals surface area contributed by atoms with E-state index in [2.05, 4.69) is 0 Å². The van der Waals surface area contributed by atoms with Crippen LogP contribution in [-0.4, -0.2) is 25.5 Å². The van der Waals surface area contributed by atoms with Crippen LogP contribution in [0.15, 0.2) is 53.4 Å². The average Bonchev–Trinajstić information content (AvgIpc) is 2.55. The van der Waals surface area contributed by atoms with Crippen LogP contribution in [-0.2, 0) is 21.2 Å². The molecule has 0 amide bonds. The Bertz CT molecular complexity index is 811. The van der Waals surface area contributed by atoms with Gasteiger partial charge in [-0.3, -0.25) is 4.31 Å². The lowest BCUT2D eigenvalue weighted by atomic mass is 10.1. The van der Waals surface area contributed by atoms with Crippen molar-refractivity contribution in [2.75, 3.05) is 4.31 Å². The van der Waals surface area contributed by atoms with E-state index in [0.29, 0.717) is 5.69 Å². The third-order valence-corrected chi connectivity index (χ3v) is 5.80. The van der Waals surface area contributed by atoms with Crippen molar-refractivity contribution in [1.29, 1.82) is 0 Å². The smallest absolute Gasteiger partial charge is 0.327 e. The summed E-state index contributed by atoms with van der Waals surface area (Å²) < 4.78 is 27.0. The Morgan fingerprint density at radius 1 is 1.08 bits per heavy atom. The highest BCUT2D eigenvalue weighted by Crippen LogP contribution is 2.27. The summed E-state index contributed by atoms with van der Waals surface area (Å²) >= 11 is 0. The van der Waals surface area contributed by atoms with Crippen LogP contribution < -0.4 is 4.31 Å². The Balaban J connectivity index is 2.56. The summed E-state index contributed by atoms with van der Waals surface area (Å²) in [4.78, 5) is 11.5. The standard InChI is InChI=1S/C18H21NO4S/c1-4-15-7-9-16(10-8-15)19(14(3)18(20)21)24(22,23)17-11-5-13(2)6-12-17/h5-12,14H,4H2,1-3H3,(H,20,21). The number of anilines is 1. The maximum Gasteiger partial charge on any atom is 0.327 e. The van der Waals surface area contributed by atoms with E-state index in [0.717, 1.165) is 21.9 Å². The van der Waals surface area contributed by atoms with E-state index in [4.69, 9.17) is 0 Å². The number of carboxylic acids is 1. The minimum absolute atomic E-state index is 0.0702. The van der Waals surface area contributed by atoms with Gasteiger partial charge in [-0.2, -0.15) is 0 Å². The van der Waals surface area contributed by atoms with Gasteiger partial charge >= 0.3 is 5.97 Å². The summed E-state index contributed by atoms with van der Waals surface area (Å²) in [5, 5.41) is 9.36. The van der Waals surface area contributed by atoms with Gasteiger partial charge in [0, 0.05) is 0 Å². The molecule has 128 valence electrons. The molecule has 0 spiro atoms. The second-order valence-corrected chi connectivity index (χ2v) is 7.46. The van der Waals surface area contributed by atoms with Crippen LogP contribution in [0.4, 0.5) is 5.69 Å². The van der Waals surface area contributed by atoms with E-state index in [1.807, 2.05) is 26.0 Å². The third kappa shape index (κ3) is 3.59. The lowest BCUT2D eigenvalue weighted by molar-refractivity contribution is -0.137. The molecule has 0 heterocycles. The maximum absolute atomic E-state index is 13.0. The molecule has 2 aromatic carbocycles. The summed E-state index contributed by atoms with van der Waals surface area (Å²) in [5.41, 5.74) is 2.32. The SMILES string of the molecule is CCc1ccc(N(C(C)C(=O)O)S(=O)(=O)c2ccc(C)cc2)cc1. The molecule has 0 aliphatic heterocycles. The molecule has 0 aromatic heterocycles. The van der Waals surface area contributed by atoms with Gasteiger partial charge in [0.1, 0.15) is 6.04 Å². The van der Waals surface area contributed by atoms with Gasteiger partial charge in [0.15, 0.2) is 0 Å². The van der Waals surface area contributed by atoms with Gasteiger partial charge in [-0.1, -0.05) is 36.8 Å². The number of sulfonamides is 1. The first-order valence-corrected chi connectivity index (χ1v) is 9.14. The fourth-order valence-electron chi connectivity index (χ4n) is 2.37. The van der Waals surface area contributed by atoms with Gasteiger partial charge in [0.25, 0.3) is 10.0 Å². The molecule has 0 saturated carbocycles. The lowest BCUT2D eigenvalue weighted by Gasteiger charge is -2.28. The van der Waals surface area contributed by atoms with Gasteiger partial charge < -0.3 is 5.11 Å². The molecule has 5 nitrogen and oxygen atoms in total. The molecule has 0 aliphatic rings. The van der Waals surface area contributed by atoms with Gasteiger partial charge in [-0.05, 0) is 50.1 Å². The fraction of sp³-hybridized carbons (Fsp3) is 0.278. The van der Waals surface area contributed by atoms with Crippen molar-refractivity contribution >= 4 is 21.7 Å². The van der Waals surface area contributed by atoms with Crippen molar-refractivity contribution in [2.45, 2.75) is 38.1 Å². The number of aliphatic carboxylic acids is 1. The van der Waals surface area contributed by atoms with E-state index in [9.17, 15) is 18.3 Å². The molecule has 2 aromatic rings. The van der Waals surface area contributed by atoms with E-state index in [1.165, 1.54) is 19.1 Å². The molecule has 1 N–H and O–H groups in total. The second-order valence-electron chi connectivity index (χ2n) is 5.65. The molecular weight excluding hydrogens is 326 g/mol. The van der Waals surface area contributed by atoms with Gasteiger partial charge in [0.2, 0.25) is 0 Å². The molecule has 2 rings (SSSR count). The average molecular weight is 347 g/mol. The summed E-state index contributed by atoms with van der Waals surface area (Å²) in [7, 11) is -3.98. The number of benzene rings is 2. The van der Waals surface area contributed by atoms with E-state index >= 15 is 0 Å². The number of hydrogen-bond acceptors (Lipinski definition) is 3. The highest BCUT2D eigenvalue weighted by atomic mass is 32.2. The summed E-state index contributed by atoms with van der Waals surface area (Å²) in [6, 6.07) is 12.0. The molecule has 0 aliphatic carbocycles. The fourth-order valence-corrected chi connectivity index (χ4v) is 3.99. The molecule has 0 saturated heterocycles. The van der Waals surface area contributed by atoms with Crippen molar-refractivity contribution in [3.05, 3.63) is 59.7 Å². The van der Waals surface area contributed by atoms with Gasteiger partial charge in [0.05, 0.1) is 10.6 Å². The van der Waals surface area contributed by atoms with Crippen molar-refractivity contribution in [3.63, 3.8) is 0 Å². The van der Waals surface area contributed by atoms with Crippen LogP contribution in [0, 0.1) is 6.92 Å². The Labute approximate surface area is 142 Å². The topological polar surface area (TPSA) is 74.7 Å². The molecule has 0 fully saturated rings. The molecular formula is C18H21NO4S. The minimum Gasteiger partial charge on any atom is -0.480 e. The number of hydrogen-bond donors (Lipinski definition) is 1. The zero-order valence-corrected chi connectivity index (χ0v) is 14.7. The van der Waals surface area contributed by atoms with E-state index < -0.39 is 22.0 Å². The number of carbonyl (C=O) groups is 1. The van der Waals surface area contributed by atoms with Crippen molar-refractivity contribution in [1.82, 2.24) is 0 Å². The largest absolute Gasteiger partial charge is 0.480 e. The molecule has 6 heteroatoms. The minimum atomic E-state index is -3.98. The van der Waals surface area contributed by atoms with Crippen molar-refractivity contribution < 1.29 is 18.3 Å². The first-order chi connectivity index (χ1) is 11.3. The summed E-state index contributed by atoms with van der Waals surface area (Å²) in [6.45, 7) is 5.22. The molecule has 1 atom stereocenters. The lowest BCUT2D eigenvalue weighted by Crippen LogP contribution is -2.43. The normalized spacial score (nSPS) is 12.6. The maximum atomic E-state index is 13.0. The zero-order valence-electron chi connectivity index (χ0n) is 13.9. The third-order valence-electron chi connectivity index (χ3n) is 3.89. The molecule has 24 heavy (non-hydrogen) atoms. The Morgan fingerprint density at radius 2 is 1.62 bits per heavy atom. The first kappa shape index (κ1) is 18.0. The highest BCUT2D eigenvalue weighted by Gasteiger charge is 2.33. The number of rotatable bonds is 6.